The Labute approximate surface area is 74.6 Å². The fourth-order valence-corrected chi connectivity index (χ4v) is 2.78. The smallest absolute Gasteiger partial charge is 0.0543 e. The predicted molar refractivity (Wildman–Crippen MR) is 49.0 cm³/mol. The lowest BCUT2D eigenvalue weighted by molar-refractivity contribution is 0.0268. The molecule has 1 saturated heterocycles. The van der Waals surface area contributed by atoms with Crippen molar-refractivity contribution in [1.82, 2.24) is 4.90 Å². The Hall–Kier alpha value is -0.0800. The zero-order valence-electron chi connectivity index (χ0n) is 7.87. The first kappa shape index (κ1) is 8.52. The van der Waals surface area contributed by atoms with Gasteiger partial charge in [0.15, 0.2) is 0 Å². The van der Waals surface area contributed by atoms with Crippen LogP contribution in [0.15, 0.2) is 0 Å². The fraction of sp³-hybridized carbons (Fsp3) is 1.00. The lowest BCUT2D eigenvalue weighted by Crippen LogP contribution is -2.42. The Bertz CT molecular complexity index is 144. The number of aliphatic hydroxyl groups excluding tert-OH is 1. The molecular formula is C10H19NO. The third-order valence-corrected chi connectivity index (χ3v) is 3.54. The maximum Gasteiger partial charge on any atom is 0.0543 e. The largest absolute Gasteiger partial charge is 0.393 e. The van der Waals surface area contributed by atoms with E-state index in [9.17, 15) is 5.11 Å². The summed E-state index contributed by atoms with van der Waals surface area (Å²) in [5, 5.41) is 9.52. The fourth-order valence-electron chi connectivity index (χ4n) is 2.78. The van der Waals surface area contributed by atoms with Crippen molar-refractivity contribution in [1.29, 1.82) is 0 Å². The Morgan fingerprint density at radius 3 is 2.83 bits per heavy atom. The molecule has 70 valence electrons. The van der Waals surface area contributed by atoms with Crippen LogP contribution in [0.1, 0.15) is 25.7 Å². The van der Waals surface area contributed by atoms with Gasteiger partial charge in [0, 0.05) is 6.54 Å². The van der Waals surface area contributed by atoms with E-state index in [1.165, 1.54) is 25.9 Å². The standard InChI is InChI=1S/C10H19NO/c1-11-5-4-8-2-3-10(12)6-9(8)7-11/h8-10,12H,2-7H2,1H3. The Morgan fingerprint density at radius 2 is 2.00 bits per heavy atom. The zero-order valence-corrected chi connectivity index (χ0v) is 7.87. The molecule has 0 radical (unpaired) electrons. The summed E-state index contributed by atoms with van der Waals surface area (Å²) in [6, 6.07) is 0. The van der Waals surface area contributed by atoms with Crippen molar-refractivity contribution in [3.63, 3.8) is 0 Å². The molecule has 0 bridgehead atoms. The molecule has 2 fully saturated rings. The van der Waals surface area contributed by atoms with Crippen LogP contribution in [0, 0.1) is 11.8 Å². The van der Waals surface area contributed by atoms with Gasteiger partial charge in [-0.15, -0.1) is 0 Å². The van der Waals surface area contributed by atoms with Gasteiger partial charge < -0.3 is 10.0 Å². The molecule has 0 aromatic heterocycles. The Kier molecular flexibility index (Phi) is 2.37. The van der Waals surface area contributed by atoms with E-state index in [2.05, 4.69) is 11.9 Å². The predicted octanol–water partition coefficient (Wildman–Crippen LogP) is 1.10. The number of likely N-dealkylation sites (tertiary alicyclic amines) is 1. The summed E-state index contributed by atoms with van der Waals surface area (Å²) >= 11 is 0. The summed E-state index contributed by atoms with van der Waals surface area (Å²) in [6.07, 6.45) is 4.71. The molecule has 0 aromatic carbocycles. The topological polar surface area (TPSA) is 23.5 Å². The maximum atomic E-state index is 9.52. The average molecular weight is 169 g/mol. The van der Waals surface area contributed by atoms with E-state index in [-0.39, 0.29) is 6.10 Å². The molecule has 12 heavy (non-hydrogen) atoms. The minimum atomic E-state index is -0.00208. The first-order chi connectivity index (χ1) is 5.75. The minimum absolute atomic E-state index is 0.00208. The van der Waals surface area contributed by atoms with Crippen LogP contribution in [0.5, 0.6) is 0 Å². The van der Waals surface area contributed by atoms with Gasteiger partial charge in [-0.3, -0.25) is 0 Å². The minimum Gasteiger partial charge on any atom is -0.393 e. The highest BCUT2D eigenvalue weighted by Gasteiger charge is 2.32. The molecule has 3 unspecified atom stereocenters. The number of fused-ring (bicyclic) bond motifs is 1. The number of nitrogens with zero attached hydrogens (tertiary/aromatic N) is 1. The molecular weight excluding hydrogens is 150 g/mol. The van der Waals surface area contributed by atoms with Gasteiger partial charge in [-0.25, -0.2) is 0 Å². The van der Waals surface area contributed by atoms with E-state index in [4.69, 9.17) is 0 Å². The van der Waals surface area contributed by atoms with Crippen LogP contribution in [0.25, 0.3) is 0 Å². The molecule has 0 amide bonds. The van der Waals surface area contributed by atoms with Crippen LogP contribution < -0.4 is 0 Å². The summed E-state index contributed by atoms with van der Waals surface area (Å²) in [6.45, 7) is 2.47. The van der Waals surface area contributed by atoms with E-state index in [0.29, 0.717) is 0 Å². The molecule has 1 aliphatic heterocycles. The first-order valence-electron chi connectivity index (χ1n) is 5.12. The SMILES string of the molecule is CN1CCC2CCC(O)CC2C1. The molecule has 1 heterocycles. The van der Waals surface area contributed by atoms with Crippen LogP contribution >= 0.6 is 0 Å². The van der Waals surface area contributed by atoms with Crippen molar-refractivity contribution in [2.24, 2.45) is 11.8 Å². The van der Waals surface area contributed by atoms with Gasteiger partial charge in [0.2, 0.25) is 0 Å². The number of hydrogen-bond acceptors (Lipinski definition) is 2. The van der Waals surface area contributed by atoms with Crippen LogP contribution in [-0.2, 0) is 0 Å². The van der Waals surface area contributed by atoms with Crippen molar-refractivity contribution in [3.8, 4) is 0 Å². The molecule has 1 N–H and O–H groups in total. The number of piperidine rings is 1. The zero-order chi connectivity index (χ0) is 8.55. The molecule has 0 spiro atoms. The molecule has 1 saturated carbocycles. The highest BCUT2D eigenvalue weighted by atomic mass is 16.3. The second-order valence-corrected chi connectivity index (χ2v) is 4.54. The van der Waals surface area contributed by atoms with Crippen LogP contribution in [0.4, 0.5) is 0 Å². The van der Waals surface area contributed by atoms with Crippen molar-refractivity contribution in [2.75, 3.05) is 20.1 Å². The highest BCUT2D eigenvalue weighted by Crippen LogP contribution is 2.35. The molecule has 2 heteroatoms. The van der Waals surface area contributed by atoms with Crippen LogP contribution in [-0.4, -0.2) is 36.2 Å². The number of aliphatic hydroxyl groups is 1. The summed E-state index contributed by atoms with van der Waals surface area (Å²) in [4.78, 5) is 2.40. The van der Waals surface area contributed by atoms with Gasteiger partial charge in [0.25, 0.3) is 0 Å². The third-order valence-electron chi connectivity index (χ3n) is 3.54. The van der Waals surface area contributed by atoms with Gasteiger partial charge in [0.05, 0.1) is 6.10 Å². The summed E-state index contributed by atoms with van der Waals surface area (Å²) in [7, 11) is 2.19. The van der Waals surface area contributed by atoms with Crippen molar-refractivity contribution in [2.45, 2.75) is 31.8 Å². The van der Waals surface area contributed by atoms with Gasteiger partial charge in [-0.05, 0) is 51.1 Å². The lowest BCUT2D eigenvalue weighted by atomic mass is 9.74. The normalized spacial score (nSPS) is 44.0. The van der Waals surface area contributed by atoms with E-state index in [1.807, 2.05) is 0 Å². The summed E-state index contributed by atoms with van der Waals surface area (Å²) < 4.78 is 0. The van der Waals surface area contributed by atoms with Crippen molar-refractivity contribution < 1.29 is 5.11 Å². The molecule has 2 rings (SSSR count). The second-order valence-electron chi connectivity index (χ2n) is 4.54. The Balaban J connectivity index is 1.94. The average Bonchev–Trinajstić information content (AvgIpc) is 2.03. The third kappa shape index (κ3) is 1.64. The van der Waals surface area contributed by atoms with Crippen LogP contribution in [0.3, 0.4) is 0 Å². The summed E-state index contributed by atoms with van der Waals surface area (Å²) in [5.41, 5.74) is 0. The van der Waals surface area contributed by atoms with E-state index in [1.54, 1.807) is 0 Å². The lowest BCUT2D eigenvalue weighted by Gasteiger charge is -2.41. The van der Waals surface area contributed by atoms with Crippen molar-refractivity contribution >= 4 is 0 Å². The quantitative estimate of drug-likeness (QED) is 0.587. The maximum absolute atomic E-state index is 9.52. The first-order valence-corrected chi connectivity index (χ1v) is 5.12. The molecule has 1 aliphatic carbocycles. The van der Waals surface area contributed by atoms with Gasteiger partial charge in [-0.1, -0.05) is 0 Å². The Morgan fingerprint density at radius 1 is 1.17 bits per heavy atom. The van der Waals surface area contributed by atoms with Crippen LogP contribution in [0.2, 0.25) is 0 Å². The van der Waals surface area contributed by atoms with Gasteiger partial charge in [-0.2, -0.15) is 0 Å². The molecule has 0 aromatic rings. The number of hydrogen-bond donors (Lipinski definition) is 1. The van der Waals surface area contributed by atoms with Crippen molar-refractivity contribution in [3.05, 3.63) is 0 Å². The van der Waals surface area contributed by atoms with E-state index < -0.39 is 0 Å². The highest BCUT2D eigenvalue weighted by molar-refractivity contribution is 4.85. The van der Waals surface area contributed by atoms with E-state index in [0.717, 1.165) is 24.7 Å². The monoisotopic (exact) mass is 169 g/mol. The van der Waals surface area contributed by atoms with Gasteiger partial charge >= 0.3 is 0 Å². The van der Waals surface area contributed by atoms with Gasteiger partial charge in [0.1, 0.15) is 0 Å². The molecule has 3 atom stereocenters. The molecule has 2 aliphatic rings. The number of rotatable bonds is 0. The van der Waals surface area contributed by atoms with E-state index >= 15 is 0 Å². The summed E-state index contributed by atoms with van der Waals surface area (Å²) in [5.74, 6) is 1.71. The second kappa shape index (κ2) is 3.35. The molecule has 2 nitrogen and oxygen atoms in total.